The number of nitrogens with zero attached hydrogens (tertiary/aromatic N) is 1. The van der Waals surface area contributed by atoms with Crippen molar-refractivity contribution in [3.05, 3.63) is 48.7 Å². The Kier molecular flexibility index (Phi) is 5.22. The van der Waals surface area contributed by atoms with Gasteiger partial charge in [0, 0.05) is 30.2 Å². The van der Waals surface area contributed by atoms with Crippen molar-refractivity contribution in [3.63, 3.8) is 0 Å². The van der Waals surface area contributed by atoms with Crippen LogP contribution in [-0.2, 0) is 13.1 Å². The van der Waals surface area contributed by atoms with Crippen molar-refractivity contribution in [2.75, 3.05) is 7.05 Å². The first-order valence-electron chi connectivity index (χ1n) is 7.19. The smallest absolute Gasteiger partial charge is 0.0483 e. The summed E-state index contributed by atoms with van der Waals surface area (Å²) in [6.45, 7) is 5.81. The summed E-state index contributed by atoms with van der Waals surface area (Å²) < 4.78 is 2.38. The summed E-state index contributed by atoms with van der Waals surface area (Å²) in [4.78, 5) is 0. The molecule has 0 atom stereocenters. The lowest BCUT2D eigenvalue weighted by atomic mass is 10.1. The molecule has 2 heteroatoms. The van der Waals surface area contributed by atoms with Crippen LogP contribution < -0.4 is 5.32 Å². The van der Waals surface area contributed by atoms with Crippen molar-refractivity contribution in [1.82, 2.24) is 9.88 Å². The molecule has 102 valence electrons. The van der Waals surface area contributed by atoms with Crippen LogP contribution in [0.4, 0.5) is 0 Å². The molecule has 1 aromatic carbocycles. The lowest BCUT2D eigenvalue weighted by molar-refractivity contribution is 0.603. The molecule has 2 rings (SSSR count). The molecule has 0 amide bonds. The molecule has 0 spiro atoms. The molecular formula is C17H24N2. The Morgan fingerprint density at radius 1 is 1.21 bits per heavy atom. The van der Waals surface area contributed by atoms with Gasteiger partial charge in [0.2, 0.25) is 0 Å². The van der Waals surface area contributed by atoms with E-state index < -0.39 is 0 Å². The molecular weight excluding hydrogens is 232 g/mol. The number of rotatable bonds is 8. The molecule has 0 radical (unpaired) electrons. The Hall–Kier alpha value is -1.54. The summed E-state index contributed by atoms with van der Waals surface area (Å²) in [6.07, 6.45) is 9.15. The quantitative estimate of drug-likeness (QED) is 0.555. The lowest BCUT2D eigenvalue weighted by Gasteiger charge is -2.07. The molecule has 2 nitrogen and oxygen atoms in total. The minimum Gasteiger partial charge on any atom is -0.347 e. The van der Waals surface area contributed by atoms with Crippen LogP contribution in [0, 0.1) is 0 Å². The maximum absolute atomic E-state index is 3.77. The van der Waals surface area contributed by atoms with E-state index in [1.54, 1.807) is 0 Å². The number of hydrogen-bond acceptors (Lipinski definition) is 1. The average molecular weight is 256 g/mol. The third-order valence-corrected chi connectivity index (χ3v) is 3.58. The number of unbranched alkanes of at least 4 members (excludes halogenated alkanes) is 3. The van der Waals surface area contributed by atoms with Crippen molar-refractivity contribution >= 4 is 10.9 Å². The van der Waals surface area contributed by atoms with Gasteiger partial charge < -0.3 is 9.88 Å². The molecule has 0 fully saturated rings. The standard InChI is InChI=1S/C17H24N2/c1-3-4-5-6-7-12-19-13-11-16-15(14-18-2)9-8-10-17(16)19/h3,8-11,13,18H,1,4-7,12,14H2,2H3. The monoisotopic (exact) mass is 256 g/mol. The molecule has 1 heterocycles. The molecule has 0 saturated heterocycles. The van der Waals surface area contributed by atoms with Crippen LogP contribution in [0.15, 0.2) is 43.1 Å². The van der Waals surface area contributed by atoms with Crippen LogP contribution >= 0.6 is 0 Å². The van der Waals surface area contributed by atoms with Crippen LogP contribution in [0.3, 0.4) is 0 Å². The molecule has 2 aromatic rings. The first-order valence-corrected chi connectivity index (χ1v) is 7.19. The molecule has 0 aliphatic heterocycles. The Morgan fingerprint density at radius 2 is 2.11 bits per heavy atom. The first kappa shape index (κ1) is 13.9. The van der Waals surface area contributed by atoms with Crippen molar-refractivity contribution in [3.8, 4) is 0 Å². The number of aromatic nitrogens is 1. The lowest BCUT2D eigenvalue weighted by Crippen LogP contribution is -2.05. The normalized spacial score (nSPS) is 11.0. The summed E-state index contributed by atoms with van der Waals surface area (Å²) in [5.74, 6) is 0. The second kappa shape index (κ2) is 7.15. The fourth-order valence-corrected chi connectivity index (χ4v) is 2.57. The number of fused-ring (bicyclic) bond motifs is 1. The van der Waals surface area contributed by atoms with Gasteiger partial charge >= 0.3 is 0 Å². The number of nitrogens with one attached hydrogen (secondary N) is 1. The zero-order chi connectivity index (χ0) is 13.5. The summed E-state index contributed by atoms with van der Waals surface area (Å²) in [7, 11) is 2.00. The Labute approximate surface area is 116 Å². The van der Waals surface area contributed by atoms with Crippen LogP contribution in [0.1, 0.15) is 31.2 Å². The molecule has 0 aliphatic carbocycles. The average Bonchev–Trinajstić information content (AvgIpc) is 2.83. The van der Waals surface area contributed by atoms with E-state index >= 15 is 0 Å². The minimum absolute atomic E-state index is 0.931. The highest BCUT2D eigenvalue weighted by molar-refractivity contribution is 5.83. The summed E-state index contributed by atoms with van der Waals surface area (Å²) >= 11 is 0. The molecule has 1 aromatic heterocycles. The zero-order valence-corrected chi connectivity index (χ0v) is 11.9. The Balaban J connectivity index is 2.03. The molecule has 1 N–H and O–H groups in total. The molecule has 19 heavy (non-hydrogen) atoms. The first-order chi connectivity index (χ1) is 9.36. The zero-order valence-electron chi connectivity index (χ0n) is 11.9. The number of benzene rings is 1. The minimum atomic E-state index is 0.931. The van der Waals surface area contributed by atoms with E-state index in [-0.39, 0.29) is 0 Å². The molecule has 0 aliphatic rings. The molecule has 0 bridgehead atoms. The Bertz CT molecular complexity index is 525. The SMILES string of the molecule is C=CCCCCCn1ccc2c(CNC)cccc21. The van der Waals surface area contributed by atoms with E-state index in [1.165, 1.54) is 35.7 Å². The summed E-state index contributed by atoms with van der Waals surface area (Å²) in [5, 5.41) is 4.61. The number of aryl methyl sites for hydroxylation is 1. The van der Waals surface area contributed by atoms with Crippen molar-refractivity contribution in [2.45, 2.75) is 38.8 Å². The van der Waals surface area contributed by atoms with Crippen molar-refractivity contribution in [1.29, 1.82) is 0 Å². The third-order valence-electron chi connectivity index (χ3n) is 3.58. The van der Waals surface area contributed by atoms with E-state index in [2.05, 4.69) is 46.9 Å². The maximum Gasteiger partial charge on any atom is 0.0483 e. The van der Waals surface area contributed by atoms with E-state index in [9.17, 15) is 0 Å². The summed E-state index contributed by atoms with van der Waals surface area (Å²) in [5.41, 5.74) is 2.74. The van der Waals surface area contributed by atoms with Gasteiger partial charge in [0.15, 0.2) is 0 Å². The fourth-order valence-electron chi connectivity index (χ4n) is 2.57. The second-order valence-electron chi connectivity index (χ2n) is 5.03. The van der Waals surface area contributed by atoms with E-state index in [0.29, 0.717) is 0 Å². The predicted octanol–water partition coefficient (Wildman–Crippen LogP) is 4.11. The van der Waals surface area contributed by atoms with Crippen LogP contribution in [0.5, 0.6) is 0 Å². The number of allylic oxidation sites excluding steroid dienone is 1. The summed E-state index contributed by atoms with van der Waals surface area (Å²) in [6, 6.07) is 8.82. The van der Waals surface area contributed by atoms with Gasteiger partial charge in [-0.05, 0) is 44.0 Å². The third kappa shape index (κ3) is 3.48. The topological polar surface area (TPSA) is 17.0 Å². The van der Waals surface area contributed by atoms with Gasteiger partial charge in [-0.15, -0.1) is 6.58 Å². The highest BCUT2D eigenvalue weighted by Crippen LogP contribution is 2.21. The van der Waals surface area contributed by atoms with Crippen molar-refractivity contribution in [2.24, 2.45) is 0 Å². The second-order valence-corrected chi connectivity index (χ2v) is 5.03. The predicted molar refractivity (Wildman–Crippen MR) is 83.4 cm³/mol. The van der Waals surface area contributed by atoms with Gasteiger partial charge in [0.05, 0.1) is 0 Å². The molecule has 0 saturated carbocycles. The van der Waals surface area contributed by atoms with E-state index in [4.69, 9.17) is 0 Å². The van der Waals surface area contributed by atoms with Gasteiger partial charge in [-0.1, -0.05) is 24.6 Å². The largest absolute Gasteiger partial charge is 0.347 e. The van der Waals surface area contributed by atoms with Crippen molar-refractivity contribution < 1.29 is 0 Å². The van der Waals surface area contributed by atoms with E-state index in [1.807, 2.05) is 13.1 Å². The fraction of sp³-hybridized carbons (Fsp3) is 0.412. The number of hydrogen-bond donors (Lipinski definition) is 1. The highest BCUT2D eigenvalue weighted by atomic mass is 14.9. The van der Waals surface area contributed by atoms with Gasteiger partial charge in [0.1, 0.15) is 0 Å². The maximum atomic E-state index is 3.77. The van der Waals surface area contributed by atoms with Gasteiger partial charge in [0.25, 0.3) is 0 Å². The van der Waals surface area contributed by atoms with Crippen LogP contribution in [-0.4, -0.2) is 11.6 Å². The Morgan fingerprint density at radius 3 is 2.89 bits per heavy atom. The van der Waals surface area contributed by atoms with Crippen LogP contribution in [0.25, 0.3) is 10.9 Å². The highest BCUT2D eigenvalue weighted by Gasteiger charge is 2.04. The van der Waals surface area contributed by atoms with Gasteiger partial charge in [-0.3, -0.25) is 0 Å². The van der Waals surface area contributed by atoms with Gasteiger partial charge in [-0.25, -0.2) is 0 Å². The van der Waals surface area contributed by atoms with Gasteiger partial charge in [-0.2, -0.15) is 0 Å². The molecule has 0 unspecified atom stereocenters. The van der Waals surface area contributed by atoms with E-state index in [0.717, 1.165) is 19.5 Å². The van der Waals surface area contributed by atoms with Crippen LogP contribution in [0.2, 0.25) is 0 Å².